The lowest BCUT2D eigenvalue weighted by Gasteiger charge is -2.29. The number of methoxy groups -OCH3 is 1. The lowest BCUT2D eigenvalue weighted by Crippen LogP contribution is -2.37. The molecule has 1 aliphatic heterocycles. The molecule has 1 heterocycles. The minimum atomic E-state index is -0.455. The highest BCUT2D eigenvalue weighted by Crippen LogP contribution is 2.33. The summed E-state index contributed by atoms with van der Waals surface area (Å²) < 4.78 is 5.23. The Morgan fingerprint density at radius 1 is 1.28 bits per heavy atom. The molecule has 0 radical (unpaired) electrons. The van der Waals surface area contributed by atoms with Gasteiger partial charge in [-0.3, -0.25) is 14.9 Å². The lowest BCUT2D eigenvalue weighted by molar-refractivity contribution is -0.384. The summed E-state index contributed by atoms with van der Waals surface area (Å²) >= 11 is 0. The quantitative estimate of drug-likeness (QED) is 0.526. The molecule has 1 N–H and O–H groups in total. The number of nitro benzene ring substituents is 1. The van der Waals surface area contributed by atoms with Gasteiger partial charge in [0.1, 0.15) is 5.75 Å². The maximum Gasteiger partial charge on any atom is 0.269 e. The van der Waals surface area contributed by atoms with E-state index >= 15 is 0 Å². The van der Waals surface area contributed by atoms with Crippen LogP contribution in [-0.2, 0) is 4.79 Å². The number of nitro groups is 1. The van der Waals surface area contributed by atoms with Gasteiger partial charge in [-0.25, -0.2) is 0 Å². The molecule has 0 fully saturated rings. The molecule has 0 bridgehead atoms. The van der Waals surface area contributed by atoms with Gasteiger partial charge in [0, 0.05) is 37.4 Å². The van der Waals surface area contributed by atoms with Crippen molar-refractivity contribution >= 4 is 29.0 Å². The molecule has 2 aromatic rings. The molecule has 0 atom stereocenters. The van der Waals surface area contributed by atoms with E-state index in [1.165, 1.54) is 18.2 Å². The molecule has 7 heteroatoms. The third-order valence-corrected chi connectivity index (χ3v) is 3.93. The summed E-state index contributed by atoms with van der Waals surface area (Å²) in [6.07, 6.45) is 3.11. The van der Waals surface area contributed by atoms with Crippen LogP contribution in [0.2, 0.25) is 0 Å². The van der Waals surface area contributed by atoms with E-state index in [0.717, 1.165) is 16.9 Å². The van der Waals surface area contributed by atoms with Crippen LogP contribution in [0.1, 0.15) is 5.56 Å². The summed E-state index contributed by atoms with van der Waals surface area (Å²) in [6.45, 7) is 1.21. The summed E-state index contributed by atoms with van der Waals surface area (Å²) in [6, 6.07) is 11.6. The second-order valence-corrected chi connectivity index (χ2v) is 5.48. The van der Waals surface area contributed by atoms with Gasteiger partial charge in [0.2, 0.25) is 0 Å². The SMILES string of the molecule is COc1ccc2c(c1)N(C(=O)C=Cc1ccc([N+](=O)[O-])cc1)CCN2. The topological polar surface area (TPSA) is 84.7 Å². The number of amides is 1. The van der Waals surface area contributed by atoms with Crippen molar-refractivity contribution in [3.05, 3.63) is 64.2 Å². The first-order valence-corrected chi connectivity index (χ1v) is 7.74. The Hall–Kier alpha value is -3.35. The molecule has 1 amide bonds. The maximum atomic E-state index is 12.6. The molecular weight excluding hydrogens is 322 g/mol. The van der Waals surface area contributed by atoms with Crippen LogP contribution in [-0.4, -0.2) is 31.0 Å². The van der Waals surface area contributed by atoms with Gasteiger partial charge < -0.3 is 15.0 Å². The third-order valence-electron chi connectivity index (χ3n) is 3.93. The number of benzene rings is 2. The monoisotopic (exact) mass is 339 g/mol. The number of carbonyl (C=O) groups excluding carboxylic acids is 1. The Morgan fingerprint density at radius 2 is 2.04 bits per heavy atom. The molecule has 0 saturated heterocycles. The van der Waals surface area contributed by atoms with E-state index in [0.29, 0.717) is 18.8 Å². The highest BCUT2D eigenvalue weighted by Gasteiger charge is 2.21. The van der Waals surface area contributed by atoms with Gasteiger partial charge in [-0.15, -0.1) is 0 Å². The van der Waals surface area contributed by atoms with Gasteiger partial charge in [0.05, 0.1) is 23.4 Å². The largest absolute Gasteiger partial charge is 0.497 e. The molecule has 1 aliphatic rings. The van der Waals surface area contributed by atoms with Crippen molar-refractivity contribution in [2.24, 2.45) is 0 Å². The van der Waals surface area contributed by atoms with E-state index in [4.69, 9.17) is 4.74 Å². The number of non-ortho nitro benzene ring substituents is 1. The normalized spacial score (nSPS) is 13.2. The first-order chi connectivity index (χ1) is 12.1. The number of rotatable bonds is 4. The lowest BCUT2D eigenvalue weighted by atomic mass is 10.1. The van der Waals surface area contributed by atoms with E-state index in [2.05, 4.69) is 5.32 Å². The molecule has 2 aromatic carbocycles. The number of nitrogens with one attached hydrogen (secondary N) is 1. The predicted molar refractivity (Wildman–Crippen MR) is 96.0 cm³/mol. The van der Waals surface area contributed by atoms with E-state index < -0.39 is 4.92 Å². The molecule has 7 nitrogen and oxygen atoms in total. The standard InChI is InChI=1S/C18H17N3O4/c1-25-15-7-8-16-17(12-15)20(11-10-19-16)18(22)9-4-13-2-5-14(6-3-13)21(23)24/h2-9,12,19H,10-11H2,1H3. The van der Waals surface area contributed by atoms with E-state index in [1.54, 1.807) is 30.2 Å². The molecule has 0 aliphatic carbocycles. The number of ether oxygens (including phenoxy) is 1. The summed E-state index contributed by atoms with van der Waals surface area (Å²) in [5.74, 6) is 0.522. The molecular formula is C18H17N3O4. The predicted octanol–water partition coefficient (Wildman–Crippen LogP) is 3.08. The van der Waals surface area contributed by atoms with Gasteiger partial charge in [-0.2, -0.15) is 0 Å². The molecule has 0 unspecified atom stereocenters. The highest BCUT2D eigenvalue weighted by atomic mass is 16.6. The molecule has 0 saturated carbocycles. The second-order valence-electron chi connectivity index (χ2n) is 5.48. The van der Waals surface area contributed by atoms with Crippen LogP contribution in [0, 0.1) is 10.1 Å². The van der Waals surface area contributed by atoms with Gasteiger partial charge in [0.15, 0.2) is 0 Å². The highest BCUT2D eigenvalue weighted by molar-refractivity contribution is 6.06. The fraction of sp³-hybridized carbons (Fsp3) is 0.167. The first kappa shape index (κ1) is 16.5. The van der Waals surface area contributed by atoms with Gasteiger partial charge >= 0.3 is 0 Å². The van der Waals surface area contributed by atoms with Crippen molar-refractivity contribution in [1.82, 2.24) is 0 Å². The van der Waals surface area contributed by atoms with Crippen LogP contribution in [0.5, 0.6) is 5.75 Å². The number of nitrogens with zero attached hydrogens (tertiary/aromatic N) is 2. The average Bonchev–Trinajstić information content (AvgIpc) is 2.65. The fourth-order valence-corrected chi connectivity index (χ4v) is 2.63. The van der Waals surface area contributed by atoms with Crippen LogP contribution in [0.15, 0.2) is 48.5 Å². The smallest absolute Gasteiger partial charge is 0.269 e. The Morgan fingerprint density at radius 3 is 2.72 bits per heavy atom. The zero-order valence-electron chi connectivity index (χ0n) is 13.6. The van der Waals surface area contributed by atoms with E-state index in [1.807, 2.05) is 18.2 Å². The summed E-state index contributed by atoms with van der Waals surface area (Å²) in [5.41, 5.74) is 2.39. The van der Waals surface area contributed by atoms with Crippen LogP contribution in [0.25, 0.3) is 6.08 Å². The zero-order chi connectivity index (χ0) is 17.8. The number of carbonyl (C=O) groups is 1. The van der Waals surface area contributed by atoms with Crippen LogP contribution in [0.4, 0.5) is 17.1 Å². The van der Waals surface area contributed by atoms with Gasteiger partial charge in [-0.05, 0) is 35.9 Å². The van der Waals surface area contributed by atoms with Crippen LogP contribution in [0.3, 0.4) is 0 Å². The second kappa shape index (κ2) is 7.04. The van der Waals surface area contributed by atoms with Gasteiger partial charge in [0.25, 0.3) is 11.6 Å². The Kier molecular flexibility index (Phi) is 4.65. The van der Waals surface area contributed by atoms with Crippen molar-refractivity contribution in [3.63, 3.8) is 0 Å². The first-order valence-electron chi connectivity index (χ1n) is 7.74. The average molecular weight is 339 g/mol. The summed E-state index contributed by atoms with van der Waals surface area (Å²) in [7, 11) is 1.58. The molecule has 128 valence electrons. The Labute approximate surface area is 144 Å². The third kappa shape index (κ3) is 3.60. The Balaban J connectivity index is 1.79. The molecule has 25 heavy (non-hydrogen) atoms. The van der Waals surface area contributed by atoms with E-state index in [-0.39, 0.29) is 11.6 Å². The number of hydrogen-bond donors (Lipinski definition) is 1. The fourth-order valence-electron chi connectivity index (χ4n) is 2.63. The molecule has 0 spiro atoms. The number of fused-ring (bicyclic) bond motifs is 1. The van der Waals surface area contributed by atoms with Crippen molar-refractivity contribution in [2.45, 2.75) is 0 Å². The maximum absolute atomic E-state index is 12.6. The van der Waals surface area contributed by atoms with Crippen molar-refractivity contribution in [1.29, 1.82) is 0 Å². The summed E-state index contributed by atoms with van der Waals surface area (Å²) in [4.78, 5) is 24.5. The number of anilines is 2. The molecule has 0 aromatic heterocycles. The van der Waals surface area contributed by atoms with Crippen molar-refractivity contribution in [2.75, 3.05) is 30.4 Å². The minimum absolute atomic E-state index is 0.0200. The van der Waals surface area contributed by atoms with Crippen LogP contribution < -0.4 is 15.0 Å². The van der Waals surface area contributed by atoms with Crippen molar-refractivity contribution < 1.29 is 14.5 Å². The minimum Gasteiger partial charge on any atom is -0.497 e. The van der Waals surface area contributed by atoms with Crippen molar-refractivity contribution in [3.8, 4) is 5.75 Å². The Bertz CT molecular complexity index is 831. The number of hydrogen-bond acceptors (Lipinski definition) is 5. The summed E-state index contributed by atoms with van der Waals surface area (Å²) in [5, 5.41) is 13.9. The van der Waals surface area contributed by atoms with Gasteiger partial charge in [-0.1, -0.05) is 0 Å². The molecule has 3 rings (SSSR count). The van der Waals surface area contributed by atoms with E-state index in [9.17, 15) is 14.9 Å². The van der Waals surface area contributed by atoms with Crippen LogP contribution >= 0.6 is 0 Å². The zero-order valence-corrected chi connectivity index (χ0v) is 13.6.